The summed E-state index contributed by atoms with van der Waals surface area (Å²) >= 11 is 6.24. The van der Waals surface area contributed by atoms with Crippen LogP contribution < -0.4 is 21.7 Å². The van der Waals surface area contributed by atoms with Crippen molar-refractivity contribution in [2.75, 3.05) is 30.3 Å². The number of hydrogen-bond acceptors (Lipinski definition) is 16. The number of nitrogens with one attached hydrogen (secondary N) is 5. The maximum Gasteiger partial charge on any atom is 0.410 e. The zero-order valence-electron chi connectivity index (χ0n) is 42.1. The van der Waals surface area contributed by atoms with Gasteiger partial charge in [0.2, 0.25) is 11.8 Å². The number of para-hydroxylation sites is 2. The molecule has 22 heteroatoms. The van der Waals surface area contributed by atoms with Crippen LogP contribution in [0.15, 0.2) is 86.2 Å². The number of imidazole rings is 2. The average Bonchev–Trinajstić information content (AvgIpc) is 4.23. The normalized spacial score (nSPS) is 13.2. The minimum Gasteiger partial charge on any atom is -0.444 e. The number of nitrogens with zero attached hydrogens (tertiary/aromatic N) is 6. The number of carbonyl (C=O) groups is 4. The Labute approximate surface area is 444 Å². The minimum absolute atomic E-state index is 0.0675. The second-order valence-electron chi connectivity index (χ2n) is 19.2. The van der Waals surface area contributed by atoms with Crippen LogP contribution in [0.1, 0.15) is 80.2 Å². The van der Waals surface area contributed by atoms with E-state index < -0.39 is 11.2 Å². The Kier molecular flexibility index (Phi) is 17.0. The van der Waals surface area contributed by atoms with Gasteiger partial charge in [-0.2, -0.15) is 0 Å². The van der Waals surface area contributed by atoms with Crippen molar-refractivity contribution in [2.24, 2.45) is 5.73 Å². The van der Waals surface area contributed by atoms with E-state index in [0.29, 0.717) is 65.1 Å². The molecule has 8 heterocycles. The Morgan fingerprint density at radius 3 is 1.64 bits per heavy atom. The lowest BCUT2D eigenvalue weighted by atomic mass is 10.0. The first-order valence-electron chi connectivity index (χ1n) is 24.0. The topological polar surface area (TPSA) is 238 Å². The number of aromatic nitrogens is 6. The van der Waals surface area contributed by atoms with Crippen molar-refractivity contribution in [2.45, 2.75) is 98.2 Å². The van der Waals surface area contributed by atoms with E-state index in [9.17, 15) is 19.2 Å². The molecule has 0 saturated carbocycles. The number of anilines is 2. The molecule has 7 N–H and O–H groups in total. The molecule has 388 valence electrons. The van der Waals surface area contributed by atoms with Crippen molar-refractivity contribution >= 4 is 99.8 Å². The Balaban J connectivity index is 0.000000177. The Morgan fingerprint density at radius 2 is 1.20 bits per heavy atom. The van der Waals surface area contributed by atoms with E-state index in [-0.39, 0.29) is 24.0 Å². The van der Waals surface area contributed by atoms with Crippen molar-refractivity contribution in [1.82, 2.24) is 45.0 Å². The maximum absolute atomic E-state index is 12.9. The SMILES string of the molecule is C=CC(=O)Nc1sc2c(c1-c1nc3ccccc3s1)CCN(C(=O)OC(C)(C)C)C2.CC(C)(C)OC(=O)N1CCc2c(sc(NC(=O)CCNCc3cnc[nH]3)c2-c2nc3ccccc3s2)C1.NCc1cnc[nH]1. The second kappa shape index (κ2) is 23.6. The number of carbonyl (C=O) groups excluding carboxylic acids is 4. The van der Waals surface area contributed by atoms with Crippen LogP contribution >= 0.6 is 45.3 Å². The number of thiazole rings is 2. The number of rotatable bonds is 11. The van der Waals surface area contributed by atoms with Crippen molar-refractivity contribution in [1.29, 1.82) is 0 Å². The van der Waals surface area contributed by atoms with E-state index in [4.69, 9.17) is 25.2 Å². The summed E-state index contributed by atoms with van der Waals surface area (Å²) in [5, 5.41) is 12.6. The number of nitrogens with two attached hydrogens (primary N) is 1. The number of hydrogen-bond donors (Lipinski definition) is 6. The summed E-state index contributed by atoms with van der Waals surface area (Å²) in [6.07, 6.45) is 9.03. The van der Waals surface area contributed by atoms with Gasteiger partial charge < -0.3 is 50.9 Å². The van der Waals surface area contributed by atoms with Crippen LogP contribution in [0.25, 0.3) is 41.6 Å². The van der Waals surface area contributed by atoms with Crippen molar-refractivity contribution in [3.63, 3.8) is 0 Å². The number of fused-ring (bicyclic) bond motifs is 4. The number of H-pyrrole nitrogens is 2. The van der Waals surface area contributed by atoms with Gasteiger partial charge in [-0.1, -0.05) is 30.8 Å². The standard InChI is InChI=1S/C26H30N6O3S2.C22H23N3O3S2.C4H7N3/c1-26(2,3)35-25(34)32-11-9-17-20(14-32)37-24(22(17)23-30-18-6-4-5-7-19(18)36-23)31-21(33)8-10-27-12-16-13-28-15-29-16;1-5-17(26)24-20-18(19-23-14-8-6-7-9-15(14)29-19)13-10-11-25(12-16(13)30-20)21(27)28-22(2,3)4;5-1-4-2-6-3-7-4/h4-7,13,15,27H,8-12,14H2,1-3H3,(H,28,29)(H,31,33);5-9H,1,10-12H2,2-4H3,(H,24,26);2-3H,1,5H2,(H,6,7). The van der Waals surface area contributed by atoms with Crippen LogP contribution in [0, 0.1) is 0 Å². The molecule has 6 aromatic heterocycles. The van der Waals surface area contributed by atoms with Gasteiger partial charge in [-0.05, 0) is 95.9 Å². The Hall–Kier alpha value is -6.82. The van der Waals surface area contributed by atoms with Gasteiger partial charge in [0.15, 0.2) is 0 Å². The zero-order chi connectivity index (χ0) is 52.6. The summed E-state index contributed by atoms with van der Waals surface area (Å²) in [6, 6.07) is 16.0. The highest BCUT2D eigenvalue weighted by Gasteiger charge is 2.33. The predicted octanol–water partition coefficient (Wildman–Crippen LogP) is 10.5. The van der Waals surface area contributed by atoms with Crippen LogP contribution in [0.5, 0.6) is 0 Å². The summed E-state index contributed by atoms with van der Waals surface area (Å²) in [5.41, 5.74) is 12.2. The van der Waals surface area contributed by atoms with Crippen molar-refractivity contribution in [3.8, 4) is 21.1 Å². The molecule has 2 aromatic carbocycles. The summed E-state index contributed by atoms with van der Waals surface area (Å²) in [6.45, 7) is 18.5. The molecule has 2 aliphatic rings. The molecule has 2 aliphatic heterocycles. The monoisotopic (exact) mass is 1080 g/mol. The zero-order valence-corrected chi connectivity index (χ0v) is 45.4. The largest absolute Gasteiger partial charge is 0.444 e. The molecule has 8 aromatic rings. The lowest BCUT2D eigenvalue weighted by molar-refractivity contribution is -0.116. The Morgan fingerprint density at radius 1 is 0.716 bits per heavy atom. The molecule has 0 saturated heterocycles. The molecule has 18 nitrogen and oxygen atoms in total. The molecule has 74 heavy (non-hydrogen) atoms. The number of amides is 4. The Bertz CT molecular complexity index is 3170. The number of aromatic amines is 2. The van der Waals surface area contributed by atoms with Crippen LogP contribution in [-0.4, -0.2) is 94.5 Å². The van der Waals surface area contributed by atoms with E-state index in [2.05, 4.69) is 48.5 Å². The molecule has 0 radical (unpaired) electrons. The smallest absolute Gasteiger partial charge is 0.410 e. The number of benzene rings is 2. The van der Waals surface area contributed by atoms with Gasteiger partial charge in [-0.3, -0.25) is 9.59 Å². The fourth-order valence-corrected chi connectivity index (χ4v) is 12.7. The van der Waals surface area contributed by atoms with Gasteiger partial charge in [-0.15, -0.1) is 45.3 Å². The molecular formula is C52H60N12O6S4. The molecule has 4 amide bonds. The number of ether oxygens (including phenoxy) is 2. The fraction of sp³-hybridized carbons (Fsp3) is 0.346. The lowest BCUT2D eigenvalue weighted by Crippen LogP contribution is -2.39. The second-order valence-corrected chi connectivity index (χ2v) is 23.5. The van der Waals surface area contributed by atoms with Gasteiger partial charge in [-0.25, -0.2) is 29.5 Å². The molecule has 10 rings (SSSR count). The van der Waals surface area contributed by atoms with Crippen molar-refractivity contribution < 1.29 is 28.7 Å². The van der Waals surface area contributed by atoms with Crippen LogP contribution in [0.3, 0.4) is 0 Å². The van der Waals surface area contributed by atoms with E-state index in [0.717, 1.165) is 83.8 Å². The third kappa shape index (κ3) is 13.7. The highest BCUT2D eigenvalue weighted by atomic mass is 32.1. The van der Waals surface area contributed by atoms with Gasteiger partial charge in [0.05, 0.1) is 46.2 Å². The quantitative estimate of drug-likeness (QED) is 0.0524. The lowest BCUT2D eigenvalue weighted by Gasteiger charge is -2.30. The number of thiophene rings is 2. The van der Waals surface area contributed by atoms with Crippen LogP contribution in [0.2, 0.25) is 0 Å². The van der Waals surface area contributed by atoms with Crippen LogP contribution in [-0.2, 0) is 58.1 Å². The summed E-state index contributed by atoms with van der Waals surface area (Å²) < 4.78 is 13.3. The average molecular weight is 1080 g/mol. The third-order valence-corrected chi connectivity index (χ3v) is 15.7. The molecule has 0 fully saturated rings. The van der Waals surface area contributed by atoms with E-state index in [1.807, 2.05) is 84.0 Å². The first-order chi connectivity index (χ1) is 35.4. The first kappa shape index (κ1) is 53.5. The molecule has 0 spiro atoms. The predicted molar refractivity (Wildman–Crippen MR) is 295 cm³/mol. The highest BCUT2D eigenvalue weighted by Crippen LogP contribution is 2.47. The molecule has 0 aliphatic carbocycles. The van der Waals surface area contributed by atoms with E-state index in [1.165, 1.54) is 28.7 Å². The first-order valence-corrected chi connectivity index (χ1v) is 27.3. The molecular weight excluding hydrogens is 1020 g/mol. The summed E-state index contributed by atoms with van der Waals surface area (Å²) in [4.78, 5) is 79.1. The van der Waals surface area contributed by atoms with Gasteiger partial charge >= 0.3 is 12.2 Å². The molecule has 0 bridgehead atoms. The summed E-state index contributed by atoms with van der Waals surface area (Å²) in [5.74, 6) is -0.331. The third-order valence-electron chi connectivity index (χ3n) is 11.3. The van der Waals surface area contributed by atoms with Crippen LogP contribution in [0.4, 0.5) is 19.6 Å². The minimum atomic E-state index is -0.552. The van der Waals surface area contributed by atoms with E-state index in [1.54, 1.807) is 57.5 Å². The van der Waals surface area contributed by atoms with Gasteiger partial charge in [0, 0.05) is 83.8 Å². The summed E-state index contributed by atoms with van der Waals surface area (Å²) in [7, 11) is 0. The fourth-order valence-electron chi connectivity index (χ4n) is 7.91. The van der Waals surface area contributed by atoms with Gasteiger partial charge in [0.25, 0.3) is 0 Å². The van der Waals surface area contributed by atoms with Gasteiger partial charge in [0.1, 0.15) is 31.2 Å². The molecule has 0 unspecified atom stereocenters. The molecule has 0 atom stereocenters. The van der Waals surface area contributed by atoms with E-state index >= 15 is 0 Å². The van der Waals surface area contributed by atoms with Crippen molar-refractivity contribution in [3.05, 3.63) is 119 Å². The maximum atomic E-state index is 12.9. The highest BCUT2D eigenvalue weighted by molar-refractivity contribution is 7.23.